The molecule has 12 aromatic rings. The summed E-state index contributed by atoms with van der Waals surface area (Å²) in [5.41, 5.74) is 21.5. The van der Waals surface area contributed by atoms with Gasteiger partial charge in [0, 0.05) is 27.7 Å². The Bertz CT molecular complexity index is 3780. The molecule has 2 heteroatoms. The molecule has 1 aliphatic carbocycles. The number of furan rings is 1. The number of fused-ring (bicyclic) bond motifs is 6. The first-order chi connectivity index (χ1) is 34.2. The summed E-state index contributed by atoms with van der Waals surface area (Å²) in [4.78, 5) is 2.43. The van der Waals surface area contributed by atoms with Crippen LogP contribution in [0.25, 0.3) is 77.6 Å². The summed E-state index contributed by atoms with van der Waals surface area (Å²) in [6.07, 6.45) is 0. The fraction of sp³-hybridized carbons (Fsp3) is 0.0149. The third kappa shape index (κ3) is 6.64. The van der Waals surface area contributed by atoms with Crippen LogP contribution in [0, 0.1) is 0 Å². The molecule has 11 aromatic carbocycles. The Labute approximate surface area is 402 Å². The van der Waals surface area contributed by atoms with Crippen LogP contribution in [-0.4, -0.2) is 0 Å². The maximum atomic E-state index is 6.33. The smallest absolute Gasteiger partial charge is 0.136 e. The highest BCUT2D eigenvalue weighted by Gasteiger charge is 2.47. The Hall–Kier alpha value is -8.98. The van der Waals surface area contributed by atoms with Crippen molar-refractivity contribution in [1.82, 2.24) is 0 Å². The Balaban J connectivity index is 0.993. The molecule has 0 saturated carbocycles. The molecular formula is C67H45NO. The van der Waals surface area contributed by atoms with E-state index in [0.29, 0.717) is 0 Å². The lowest BCUT2D eigenvalue weighted by atomic mass is 9.67. The summed E-state index contributed by atoms with van der Waals surface area (Å²) >= 11 is 0. The van der Waals surface area contributed by atoms with Gasteiger partial charge in [-0.05, 0) is 121 Å². The molecule has 0 atom stereocenters. The van der Waals surface area contributed by atoms with Crippen molar-refractivity contribution in [2.75, 3.05) is 4.90 Å². The standard InChI is InChI=1S/C67H45NO/c1-4-19-46(20-5-1)49-21-16-22-50(45-49)47-37-41-53(42-38-47)68(54-43-39-48(40-44-54)55-30-18-36-64-66(55)59-29-12-15-35-63(59)69-64)62-34-14-11-27-56(62)57-31-17-33-61-65(57)58-28-10-13-32-60(58)67(61,51-23-6-2-7-24-51)52-25-8-3-9-26-52/h1-45H. The zero-order valence-corrected chi connectivity index (χ0v) is 37.8. The lowest BCUT2D eigenvalue weighted by molar-refractivity contribution is 0.669. The molecule has 0 saturated heterocycles. The van der Waals surface area contributed by atoms with Crippen molar-refractivity contribution in [3.05, 3.63) is 295 Å². The van der Waals surface area contributed by atoms with Gasteiger partial charge in [-0.3, -0.25) is 0 Å². The molecule has 0 bridgehead atoms. The first-order valence-electron chi connectivity index (χ1n) is 23.7. The molecule has 324 valence electrons. The van der Waals surface area contributed by atoms with E-state index < -0.39 is 5.41 Å². The van der Waals surface area contributed by atoms with Crippen LogP contribution in [-0.2, 0) is 5.41 Å². The van der Waals surface area contributed by atoms with Crippen LogP contribution in [0.5, 0.6) is 0 Å². The molecule has 13 rings (SSSR count). The Morgan fingerprint density at radius 2 is 0.783 bits per heavy atom. The summed E-state index contributed by atoms with van der Waals surface area (Å²) in [7, 11) is 0. The zero-order chi connectivity index (χ0) is 45.7. The normalized spacial score (nSPS) is 12.5. The molecule has 0 amide bonds. The van der Waals surface area contributed by atoms with Crippen LogP contribution >= 0.6 is 0 Å². The first-order valence-corrected chi connectivity index (χ1v) is 23.7. The Kier molecular flexibility index (Phi) is 9.77. The maximum Gasteiger partial charge on any atom is 0.136 e. The van der Waals surface area contributed by atoms with Crippen molar-refractivity contribution in [3.63, 3.8) is 0 Å². The van der Waals surface area contributed by atoms with Crippen molar-refractivity contribution in [3.8, 4) is 55.6 Å². The van der Waals surface area contributed by atoms with Gasteiger partial charge in [0.15, 0.2) is 0 Å². The van der Waals surface area contributed by atoms with Gasteiger partial charge in [0.1, 0.15) is 11.2 Å². The molecule has 1 aromatic heterocycles. The molecular weight excluding hydrogens is 835 g/mol. The molecule has 0 aliphatic heterocycles. The molecule has 0 radical (unpaired) electrons. The second-order valence-corrected chi connectivity index (χ2v) is 17.9. The van der Waals surface area contributed by atoms with E-state index in [9.17, 15) is 0 Å². The molecule has 0 N–H and O–H groups in total. The van der Waals surface area contributed by atoms with E-state index in [0.717, 1.165) is 61.3 Å². The highest BCUT2D eigenvalue weighted by atomic mass is 16.3. The maximum absolute atomic E-state index is 6.33. The molecule has 0 fully saturated rings. The van der Waals surface area contributed by atoms with E-state index in [-0.39, 0.29) is 0 Å². The van der Waals surface area contributed by atoms with Crippen LogP contribution in [0.3, 0.4) is 0 Å². The number of para-hydroxylation sites is 2. The summed E-state index contributed by atoms with van der Waals surface area (Å²) in [5, 5.41) is 2.26. The predicted molar refractivity (Wildman–Crippen MR) is 287 cm³/mol. The lowest BCUT2D eigenvalue weighted by Crippen LogP contribution is -2.28. The summed E-state index contributed by atoms with van der Waals surface area (Å²) in [6, 6.07) is 99.3. The average molecular weight is 880 g/mol. The minimum Gasteiger partial charge on any atom is -0.456 e. The lowest BCUT2D eigenvalue weighted by Gasteiger charge is -2.34. The number of hydrogen-bond donors (Lipinski definition) is 0. The van der Waals surface area contributed by atoms with E-state index in [4.69, 9.17) is 4.42 Å². The summed E-state index contributed by atoms with van der Waals surface area (Å²) < 4.78 is 6.33. The topological polar surface area (TPSA) is 16.4 Å². The number of anilines is 3. The van der Waals surface area contributed by atoms with Crippen molar-refractivity contribution >= 4 is 39.0 Å². The Morgan fingerprint density at radius 3 is 1.49 bits per heavy atom. The number of nitrogens with zero attached hydrogens (tertiary/aromatic N) is 1. The predicted octanol–water partition coefficient (Wildman–Crippen LogP) is 18.1. The Morgan fingerprint density at radius 1 is 0.304 bits per heavy atom. The molecule has 0 spiro atoms. The van der Waals surface area contributed by atoms with Gasteiger partial charge in [-0.15, -0.1) is 0 Å². The minimum absolute atomic E-state index is 0.508. The fourth-order valence-electron chi connectivity index (χ4n) is 11.2. The van der Waals surface area contributed by atoms with Gasteiger partial charge in [0.25, 0.3) is 0 Å². The van der Waals surface area contributed by atoms with E-state index in [1.807, 2.05) is 12.1 Å². The van der Waals surface area contributed by atoms with Gasteiger partial charge in [-0.2, -0.15) is 0 Å². The van der Waals surface area contributed by atoms with Crippen LogP contribution < -0.4 is 4.90 Å². The second kappa shape index (κ2) is 16.7. The van der Waals surface area contributed by atoms with Crippen LogP contribution in [0.4, 0.5) is 17.1 Å². The molecule has 0 unspecified atom stereocenters. The van der Waals surface area contributed by atoms with Crippen molar-refractivity contribution in [2.24, 2.45) is 0 Å². The number of rotatable bonds is 9. The van der Waals surface area contributed by atoms with Gasteiger partial charge >= 0.3 is 0 Å². The van der Waals surface area contributed by atoms with E-state index in [2.05, 4.69) is 266 Å². The monoisotopic (exact) mass is 879 g/mol. The summed E-state index contributed by atoms with van der Waals surface area (Å²) in [5.74, 6) is 0. The average Bonchev–Trinajstić information content (AvgIpc) is 3.97. The largest absolute Gasteiger partial charge is 0.456 e. The van der Waals surface area contributed by atoms with Gasteiger partial charge in [0.2, 0.25) is 0 Å². The van der Waals surface area contributed by atoms with E-state index in [1.165, 1.54) is 55.6 Å². The highest BCUT2D eigenvalue weighted by molar-refractivity contribution is 6.12. The van der Waals surface area contributed by atoms with Gasteiger partial charge in [-0.25, -0.2) is 0 Å². The zero-order valence-electron chi connectivity index (χ0n) is 37.8. The van der Waals surface area contributed by atoms with Crippen molar-refractivity contribution < 1.29 is 4.42 Å². The molecule has 1 aliphatic rings. The van der Waals surface area contributed by atoms with Crippen molar-refractivity contribution in [1.29, 1.82) is 0 Å². The highest BCUT2D eigenvalue weighted by Crippen LogP contribution is 2.59. The van der Waals surface area contributed by atoms with Gasteiger partial charge in [0.05, 0.1) is 11.1 Å². The molecule has 69 heavy (non-hydrogen) atoms. The van der Waals surface area contributed by atoms with E-state index in [1.54, 1.807) is 0 Å². The minimum atomic E-state index is -0.508. The molecule has 1 heterocycles. The second-order valence-electron chi connectivity index (χ2n) is 17.9. The summed E-state index contributed by atoms with van der Waals surface area (Å²) in [6.45, 7) is 0. The van der Waals surface area contributed by atoms with Crippen LogP contribution in [0.1, 0.15) is 22.3 Å². The fourth-order valence-corrected chi connectivity index (χ4v) is 11.2. The third-order valence-electron chi connectivity index (χ3n) is 14.2. The van der Waals surface area contributed by atoms with Crippen LogP contribution in [0.2, 0.25) is 0 Å². The number of benzene rings is 11. The third-order valence-corrected chi connectivity index (χ3v) is 14.2. The number of hydrogen-bond acceptors (Lipinski definition) is 2. The SMILES string of the molecule is c1ccc(-c2cccc(-c3ccc(N(c4ccc(-c5cccc6oc7ccccc7c56)cc4)c4ccccc4-c4cccc5c4-c4ccccc4C5(c4ccccc4)c4ccccc4)cc3)c2)cc1. The van der Waals surface area contributed by atoms with Crippen molar-refractivity contribution in [2.45, 2.75) is 5.41 Å². The van der Waals surface area contributed by atoms with E-state index >= 15 is 0 Å². The van der Waals surface area contributed by atoms with Crippen LogP contribution in [0.15, 0.2) is 277 Å². The van der Waals surface area contributed by atoms with Gasteiger partial charge < -0.3 is 9.32 Å². The van der Waals surface area contributed by atoms with Gasteiger partial charge in [-0.1, -0.05) is 224 Å². The quantitative estimate of drug-likeness (QED) is 0.144. The molecule has 2 nitrogen and oxygen atoms in total. The first kappa shape index (κ1) is 40.3.